The Morgan fingerprint density at radius 3 is 2.70 bits per heavy atom. The van der Waals surface area contributed by atoms with Crippen LogP contribution in [0.4, 0.5) is 0 Å². The molecule has 136 valence electrons. The van der Waals surface area contributed by atoms with Crippen molar-refractivity contribution in [3.05, 3.63) is 0 Å². The molecule has 0 aromatic heterocycles. The van der Waals surface area contributed by atoms with E-state index in [1.54, 1.807) is 0 Å². The molecule has 0 bridgehead atoms. The first-order chi connectivity index (χ1) is 11.0. The van der Waals surface area contributed by atoms with Crippen LogP contribution in [0.15, 0.2) is 4.99 Å². The van der Waals surface area contributed by atoms with Crippen LogP contribution < -0.4 is 10.6 Å². The molecule has 0 saturated carbocycles. The number of guanidine groups is 1. The van der Waals surface area contributed by atoms with Crippen molar-refractivity contribution in [3.8, 4) is 0 Å². The lowest BCUT2D eigenvalue weighted by Gasteiger charge is -2.39. The number of ether oxygens (including phenoxy) is 2. The van der Waals surface area contributed by atoms with E-state index in [-0.39, 0.29) is 5.41 Å². The SMILES string of the molecule is CCNC(=NCC1CCCOC1C(C)(C)C)NCCCOCC. The molecule has 0 radical (unpaired) electrons. The van der Waals surface area contributed by atoms with Gasteiger partial charge in [0.05, 0.1) is 6.10 Å². The van der Waals surface area contributed by atoms with Gasteiger partial charge in [-0.05, 0) is 38.5 Å². The van der Waals surface area contributed by atoms with Gasteiger partial charge in [-0.3, -0.25) is 4.99 Å². The molecule has 2 atom stereocenters. The van der Waals surface area contributed by atoms with Gasteiger partial charge in [-0.15, -0.1) is 0 Å². The fourth-order valence-corrected chi connectivity index (χ4v) is 3.06. The molecule has 0 spiro atoms. The summed E-state index contributed by atoms with van der Waals surface area (Å²) in [5.41, 5.74) is 0.171. The van der Waals surface area contributed by atoms with Gasteiger partial charge >= 0.3 is 0 Å². The third-order valence-corrected chi connectivity index (χ3v) is 4.09. The van der Waals surface area contributed by atoms with E-state index in [0.29, 0.717) is 12.0 Å². The predicted molar refractivity (Wildman–Crippen MR) is 97.0 cm³/mol. The van der Waals surface area contributed by atoms with Gasteiger partial charge in [0.1, 0.15) is 0 Å². The molecule has 1 rings (SSSR count). The molecule has 0 amide bonds. The minimum Gasteiger partial charge on any atom is -0.382 e. The van der Waals surface area contributed by atoms with Crippen molar-refractivity contribution in [2.45, 2.75) is 60.0 Å². The third-order valence-electron chi connectivity index (χ3n) is 4.09. The molecule has 1 aliphatic rings. The molecular weight excluding hydrogens is 290 g/mol. The van der Waals surface area contributed by atoms with Crippen LogP contribution in [0.2, 0.25) is 0 Å². The molecule has 1 saturated heterocycles. The van der Waals surface area contributed by atoms with Gasteiger partial charge in [-0.1, -0.05) is 20.8 Å². The van der Waals surface area contributed by atoms with Gasteiger partial charge < -0.3 is 20.1 Å². The standard InChI is InChI=1S/C18H37N3O2/c1-6-19-17(20-11-9-12-22-7-2)21-14-15-10-8-13-23-16(15)18(3,4)5/h15-16H,6-14H2,1-5H3,(H2,19,20,21). The van der Waals surface area contributed by atoms with Crippen LogP contribution in [0.1, 0.15) is 53.9 Å². The Bertz CT molecular complexity index is 340. The van der Waals surface area contributed by atoms with Crippen molar-refractivity contribution in [2.75, 3.05) is 39.5 Å². The molecule has 23 heavy (non-hydrogen) atoms. The maximum Gasteiger partial charge on any atom is 0.191 e. The van der Waals surface area contributed by atoms with E-state index in [1.165, 1.54) is 6.42 Å². The minimum absolute atomic E-state index is 0.171. The second-order valence-electron chi connectivity index (χ2n) is 7.26. The number of hydrogen-bond donors (Lipinski definition) is 2. The largest absolute Gasteiger partial charge is 0.382 e. The van der Waals surface area contributed by atoms with Crippen LogP contribution in [-0.2, 0) is 9.47 Å². The first kappa shape index (κ1) is 20.2. The van der Waals surface area contributed by atoms with E-state index < -0.39 is 0 Å². The number of nitrogens with zero attached hydrogens (tertiary/aromatic N) is 1. The summed E-state index contributed by atoms with van der Waals surface area (Å²) in [6.07, 6.45) is 3.64. The zero-order valence-electron chi connectivity index (χ0n) is 15.8. The molecular formula is C18H37N3O2. The second kappa shape index (κ2) is 10.9. The molecule has 1 heterocycles. The van der Waals surface area contributed by atoms with Crippen molar-refractivity contribution >= 4 is 5.96 Å². The van der Waals surface area contributed by atoms with Crippen LogP contribution in [0.25, 0.3) is 0 Å². The van der Waals surface area contributed by atoms with Gasteiger partial charge in [0.15, 0.2) is 5.96 Å². The summed E-state index contributed by atoms with van der Waals surface area (Å²) < 4.78 is 11.4. The van der Waals surface area contributed by atoms with Gasteiger partial charge in [0.2, 0.25) is 0 Å². The normalized spacial score (nSPS) is 22.9. The lowest BCUT2D eigenvalue weighted by Crippen LogP contribution is -2.43. The number of aliphatic imine (C=N–C) groups is 1. The van der Waals surface area contributed by atoms with Crippen molar-refractivity contribution in [3.63, 3.8) is 0 Å². The van der Waals surface area contributed by atoms with E-state index in [0.717, 1.165) is 58.3 Å². The Kier molecular flexibility index (Phi) is 9.56. The highest BCUT2D eigenvalue weighted by Gasteiger charge is 2.35. The third kappa shape index (κ3) is 8.02. The van der Waals surface area contributed by atoms with E-state index >= 15 is 0 Å². The van der Waals surface area contributed by atoms with E-state index in [4.69, 9.17) is 14.5 Å². The zero-order valence-corrected chi connectivity index (χ0v) is 15.8. The van der Waals surface area contributed by atoms with Gasteiger partial charge in [-0.25, -0.2) is 0 Å². The summed E-state index contributed by atoms with van der Waals surface area (Å²) >= 11 is 0. The molecule has 2 N–H and O–H groups in total. The fourth-order valence-electron chi connectivity index (χ4n) is 3.06. The molecule has 1 fully saturated rings. The van der Waals surface area contributed by atoms with Crippen LogP contribution in [-0.4, -0.2) is 51.5 Å². The Labute approximate surface area is 142 Å². The molecule has 5 nitrogen and oxygen atoms in total. The monoisotopic (exact) mass is 327 g/mol. The van der Waals surface area contributed by atoms with Crippen LogP contribution >= 0.6 is 0 Å². The first-order valence-electron chi connectivity index (χ1n) is 9.20. The number of nitrogens with one attached hydrogen (secondary N) is 2. The summed E-state index contributed by atoms with van der Waals surface area (Å²) in [5.74, 6) is 1.41. The summed E-state index contributed by atoms with van der Waals surface area (Å²) in [6, 6.07) is 0. The lowest BCUT2D eigenvalue weighted by molar-refractivity contribution is -0.0823. The van der Waals surface area contributed by atoms with Gasteiger partial charge in [0.25, 0.3) is 0 Å². The van der Waals surface area contributed by atoms with E-state index in [1.807, 2.05) is 6.92 Å². The predicted octanol–water partition coefficient (Wildman–Crippen LogP) is 2.81. The van der Waals surface area contributed by atoms with Gasteiger partial charge in [0, 0.05) is 45.4 Å². The minimum atomic E-state index is 0.171. The highest BCUT2D eigenvalue weighted by molar-refractivity contribution is 5.79. The number of rotatable bonds is 8. The zero-order chi connectivity index (χ0) is 17.1. The van der Waals surface area contributed by atoms with Crippen LogP contribution in [0.3, 0.4) is 0 Å². The molecule has 0 aromatic carbocycles. The van der Waals surface area contributed by atoms with Crippen molar-refractivity contribution in [1.82, 2.24) is 10.6 Å². The molecule has 0 aromatic rings. The van der Waals surface area contributed by atoms with Crippen LogP contribution in [0, 0.1) is 11.3 Å². The Hall–Kier alpha value is -0.810. The average Bonchev–Trinajstić information content (AvgIpc) is 2.51. The van der Waals surface area contributed by atoms with Crippen molar-refractivity contribution in [2.24, 2.45) is 16.3 Å². The highest BCUT2D eigenvalue weighted by atomic mass is 16.5. The summed E-state index contributed by atoms with van der Waals surface area (Å²) in [5, 5.41) is 6.71. The first-order valence-corrected chi connectivity index (χ1v) is 9.20. The maximum atomic E-state index is 6.05. The fraction of sp³-hybridized carbons (Fsp3) is 0.944. The summed E-state index contributed by atoms with van der Waals surface area (Å²) in [4.78, 5) is 4.79. The average molecular weight is 328 g/mol. The highest BCUT2D eigenvalue weighted by Crippen LogP contribution is 2.34. The number of hydrogen-bond acceptors (Lipinski definition) is 3. The molecule has 1 aliphatic heterocycles. The summed E-state index contributed by atoms with van der Waals surface area (Å²) in [6.45, 7) is 16.0. The van der Waals surface area contributed by atoms with Crippen molar-refractivity contribution < 1.29 is 9.47 Å². The van der Waals surface area contributed by atoms with Crippen LogP contribution in [0.5, 0.6) is 0 Å². The molecule has 2 unspecified atom stereocenters. The Balaban J connectivity index is 2.50. The van der Waals surface area contributed by atoms with E-state index in [9.17, 15) is 0 Å². The molecule has 5 heteroatoms. The Morgan fingerprint density at radius 1 is 1.26 bits per heavy atom. The van der Waals surface area contributed by atoms with Crippen molar-refractivity contribution in [1.29, 1.82) is 0 Å². The Morgan fingerprint density at radius 2 is 2.04 bits per heavy atom. The van der Waals surface area contributed by atoms with E-state index in [2.05, 4.69) is 38.3 Å². The lowest BCUT2D eigenvalue weighted by atomic mass is 9.78. The maximum absolute atomic E-state index is 6.05. The quantitative estimate of drug-likeness (QED) is 0.409. The smallest absolute Gasteiger partial charge is 0.191 e. The van der Waals surface area contributed by atoms with Gasteiger partial charge in [-0.2, -0.15) is 0 Å². The second-order valence-corrected chi connectivity index (χ2v) is 7.26. The topological polar surface area (TPSA) is 54.9 Å². The molecule has 0 aliphatic carbocycles. The summed E-state index contributed by atoms with van der Waals surface area (Å²) in [7, 11) is 0.